The van der Waals surface area contributed by atoms with Crippen LogP contribution in [-0.2, 0) is 194 Å². The summed E-state index contributed by atoms with van der Waals surface area (Å²) >= 11 is 114. The van der Waals surface area contributed by atoms with Gasteiger partial charge in [0.15, 0.2) is 0 Å². The van der Waals surface area contributed by atoms with E-state index in [0.29, 0.717) is 51.8 Å². The van der Waals surface area contributed by atoms with Crippen LogP contribution in [0.5, 0.6) is 0 Å². The van der Waals surface area contributed by atoms with Gasteiger partial charge in [0.25, 0.3) is 0 Å². The number of thiocarbonyl (C=S) groups is 12. The second-order valence-corrected chi connectivity index (χ2v) is 29.6. The molecule has 0 N–H and O–H groups in total. The smallest absolute Gasteiger partial charge is 0.0133 e. The topological polar surface area (TPSA) is 38.9 Å². The van der Waals surface area contributed by atoms with Crippen LogP contribution in [-0.4, -0.2) is 268 Å². The molecule has 588 valence electrons. The Morgan fingerprint density at radius 2 is 0.163 bits per heavy atom. The van der Waals surface area contributed by atoms with Gasteiger partial charge >= 0.3 is 0 Å². The first kappa shape index (κ1) is 133. The normalized spacial score (nSPS) is 8.57. The summed E-state index contributed by atoms with van der Waals surface area (Å²) in [4.78, 5) is 23.6. The molecule has 0 fully saturated rings. The summed E-state index contributed by atoms with van der Waals surface area (Å²) in [6, 6.07) is 0. The zero-order chi connectivity index (χ0) is 78.8. The molecule has 12 nitrogen and oxygen atoms in total. The summed E-state index contributed by atoms with van der Waals surface area (Å²) in [5, 5.41) is 0. The van der Waals surface area contributed by atoms with Gasteiger partial charge in [0.1, 0.15) is 0 Å². The van der Waals surface area contributed by atoms with Gasteiger partial charge in [0, 0.05) is 199 Å². The fourth-order valence-electron chi connectivity index (χ4n) is 5.78. The van der Waals surface area contributed by atoms with Gasteiger partial charge in [0.2, 0.25) is 0 Å². The first-order valence-electron chi connectivity index (χ1n) is 32.1. The van der Waals surface area contributed by atoms with Gasteiger partial charge in [-0.25, -0.2) is 0 Å². The summed E-state index contributed by atoms with van der Waals surface area (Å²) in [7, 11) is 0. The van der Waals surface area contributed by atoms with Crippen LogP contribution in [0.15, 0.2) is 0 Å². The molecule has 0 bridgehead atoms. The maximum Gasteiger partial charge on any atom is 0.0133 e. The Bertz CT molecular complexity index is 1430. The van der Waals surface area contributed by atoms with E-state index < -0.39 is 0 Å². The van der Waals surface area contributed by atoms with Crippen LogP contribution in [0.2, 0.25) is 0 Å². The molecule has 0 heterocycles. The van der Waals surface area contributed by atoms with E-state index in [2.05, 4.69) is 0 Å². The van der Waals surface area contributed by atoms with Crippen LogP contribution in [0.4, 0.5) is 0 Å². The van der Waals surface area contributed by atoms with Gasteiger partial charge < -0.3 is 357 Å². The van der Waals surface area contributed by atoms with E-state index in [1.54, 1.807) is 0 Å². The van der Waals surface area contributed by atoms with E-state index in [1.807, 2.05) is 225 Å². The Balaban J connectivity index is -0.0000000653. The molecule has 0 unspecified atom stereocenters. The Morgan fingerprint density at radius 1 is 0.133 bits per heavy atom. The number of rotatable bonds is 24. The van der Waals surface area contributed by atoms with E-state index >= 15 is 0 Å². The minimum absolute atomic E-state index is 0. The SMILES string of the molecule is CCN(CC)C(=S)[S-].CCN(CC)C(=S)[S-].CCN(CC)C(=S)[S-].CCN(CC)C(=S)[S-].CCN(CC)C(=S)[S-].CCN(CC)C(=S)[S-].CCN(CC)C(=S)[S-].CCN(CC)C(=S)[S-].CCN(CC)C(=S)[S-].CCN(CC)C(=S)[S-].CCN(CC)C(=S)[S-].CCN(CC)C(=S)[S-].[Mo].[Mo]. The first-order chi connectivity index (χ1) is 44.6. The minimum Gasteiger partial charge on any atom is -0.411 e. The second-order valence-electron chi connectivity index (χ2n) is 17.3. The average Bonchev–Trinajstić information content (AvgIpc) is 3.58. The molecule has 0 aromatic rings. The van der Waals surface area contributed by atoms with Gasteiger partial charge in [0.05, 0.1) is 0 Å². The van der Waals surface area contributed by atoms with E-state index in [9.17, 15) is 0 Å². The number of nitrogens with zero attached hydrogens (tertiary/aromatic N) is 12. The molecule has 0 saturated heterocycles. The zero-order valence-corrected chi connectivity index (χ0v) is 86.6. The van der Waals surface area contributed by atoms with Crippen molar-refractivity contribution < 1.29 is 42.1 Å². The molecule has 98 heavy (non-hydrogen) atoms. The molecule has 0 aromatic carbocycles. The average molecular weight is 1970 g/mol. The Hall–Kier alpha value is 2.70. The molecule has 0 spiro atoms. The molecule has 0 radical (unpaired) electrons. The quantitative estimate of drug-likeness (QED) is 0.0523. The predicted molar refractivity (Wildman–Crippen MR) is 515 cm³/mol. The van der Waals surface area contributed by atoms with Crippen molar-refractivity contribution in [3.05, 3.63) is 0 Å². The van der Waals surface area contributed by atoms with Crippen LogP contribution in [0.3, 0.4) is 0 Å². The molecule has 0 amide bonds. The van der Waals surface area contributed by atoms with Gasteiger partial charge in [-0.1, -0.05) is 51.8 Å². The van der Waals surface area contributed by atoms with Gasteiger partial charge in [-0.15, -0.1) is 0 Å². The van der Waals surface area contributed by atoms with Crippen molar-refractivity contribution in [2.45, 2.75) is 166 Å². The Kier molecular flexibility index (Phi) is 135. The fourth-order valence-corrected chi connectivity index (χ4v) is 12.0. The summed E-state index contributed by atoms with van der Waals surface area (Å²) in [6.45, 7) is 71.4. The third kappa shape index (κ3) is 96.7. The maximum absolute atomic E-state index is 4.76. The zero-order valence-electron chi connectivity index (χ0n) is 63.0. The maximum atomic E-state index is 4.76. The third-order valence-electron chi connectivity index (χ3n) is 12.3. The van der Waals surface area contributed by atoms with Crippen LogP contribution in [0.25, 0.3) is 0 Å². The minimum atomic E-state index is 0. The van der Waals surface area contributed by atoms with Crippen molar-refractivity contribution in [1.29, 1.82) is 0 Å². The van der Waals surface area contributed by atoms with Crippen LogP contribution in [0, 0.1) is 0 Å². The van der Waals surface area contributed by atoms with E-state index in [0.717, 1.165) is 157 Å². The summed E-state index contributed by atoms with van der Waals surface area (Å²) < 4.78 is 6.94. The molecular formula is C60H120Mo2N12S24-12. The molecule has 0 rings (SSSR count). The Labute approximate surface area is 763 Å². The van der Waals surface area contributed by atoms with Crippen molar-refractivity contribution >= 4 is 350 Å². The van der Waals surface area contributed by atoms with Gasteiger partial charge in [-0.2, -0.15) is 0 Å². The summed E-state index contributed by atoms with van der Waals surface area (Å²) in [5.41, 5.74) is 0. The third-order valence-corrected chi connectivity index (χ3v) is 18.5. The molecule has 0 atom stereocenters. The van der Waals surface area contributed by atoms with Gasteiger partial charge in [-0.3, -0.25) is 0 Å². The van der Waals surface area contributed by atoms with Crippen LogP contribution < -0.4 is 0 Å². The molecule has 0 saturated carbocycles. The molecule has 0 aliphatic rings. The number of hydrogen-bond acceptors (Lipinski definition) is 24. The van der Waals surface area contributed by atoms with Crippen molar-refractivity contribution in [2.24, 2.45) is 0 Å². The molecule has 38 heteroatoms. The van der Waals surface area contributed by atoms with E-state index in [-0.39, 0.29) is 42.1 Å². The number of hydrogen-bond donors (Lipinski definition) is 0. The van der Waals surface area contributed by atoms with Crippen molar-refractivity contribution in [1.82, 2.24) is 58.8 Å². The molecule has 0 aliphatic heterocycles. The standard InChI is InChI=1S/12C5H11NS2.2Mo/c12*1-3-6(4-2)5(7)8;;/h12*3-4H2,1-2H3,(H,7,8);;/p-12. The van der Waals surface area contributed by atoms with Crippen molar-refractivity contribution in [2.75, 3.05) is 157 Å². The summed E-state index contributed by atoms with van der Waals surface area (Å²) in [5.74, 6) is 0. The first-order valence-corrected chi connectivity index (χ1v) is 41.9. The monoisotopic (exact) mass is 1970 g/mol. The van der Waals surface area contributed by atoms with Crippen molar-refractivity contribution in [3.8, 4) is 0 Å². The van der Waals surface area contributed by atoms with Gasteiger partial charge in [-0.05, 0) is 166 Å². The van der Waals surface area contributed by atoms with Crippen molar-refractivity contribution in [3.63, 3.8) is 0 Å². The second kappa shape index (κ2) is 99.7. The van der Waals surface area contributed by atoms with Crippen LogP contribution in [0.1, 0.15) is 166 Å². The summed E-state index contributed by atoms with van der Waals surface area (Å²) in [6.07, 6.45) is 0. The fraction of sp³-hybridized carbons (Fsp3) is 0.800. The molecular weight excluding hydrogens is 1850 g/mol. The van der Waals surface area contributed by atoms with Crippen LogP contribution >= 0.6 is 147 Å². The predicted octanol–water partition coefficient (Wildman–Crippen LogP) is 13.9. The Morgan fingerprint density at radius 3 is 0.163 bits per heavy atom. The van der Waals surface area contributed by atoms with E-state index in [4.69, 9.17) is 298 Å². The van der Waals surface area contributed by atoms with E-state index in [1.165, 1.54) is 0 Å². The molecule has 0 aliphatic carbocycles. The largest absolute Gasteiger partial charge is 0.411 e. The molecule has 0 aromatic heterocycles.